The fourth-order valence-electron chi connectivity index (χ4n) is 5.90. The van der Waals surface area contributed by atoms with E-state index in [2.05, 4.69) is 16.0 Å². The van der Waals surface area contributed by atoms with Gasteiger partial charge in [0.15, 0.2) is 0 Å². The molecule has 0 aromatic rings. The van der Waals surface area contributed by atoms with Crippen molar-refractivity contribution >= 4 is 23.4 Å². The highest BCUT2D eigenvalue weighted by molar-refractivity contribution is 6.21. The van der Waals surface area contributed by atoms with Gasteiger partial charge in [0.2, 0.25) is 11.8 Å². The summed E-state index contributed by atoms with van der Waals surface area (Å²) in [7, 11) is 0. The third-order valence-corrected chi connectivity index (χ3v) is 8.05. The molecule has 1 heterocycles. The topological polar surface area (TPSA) is 88.7 Å². The van der Waals surface area contributed by atoms with Gasteiger partial charge in [-0.1, -0.05) is 0 Å². The monoisotopic (exact) mass is 513 g/mol. The van der Waals surface area contributed by atoms with E-state index in [9.17, 15) is 27.2 Å². The number of amides is 2. The van der Waals surface area contributed by atoms with Gasteiger partial charge < -0.3 is 25.4 Å². The van der Waals surface area contributed by atoms with Crippen LogP contribution in [0.15, 0.2) is 0 Å². The Balaban J connectivity index is 1.15. The number of carbonyl (C=O) groups excluding carboxylic acids is 2. The average Bonchev–Trinajstić information content (AvgIpc) is 3.27. The summed E-state index contributed by atoms with van der Waals surface area (Å²) < 4.78 is 63.4. The molecule has 5 unspecified atom stereocenters. The number of carbonyl (C=O) groups is 2. The van der Waals surface area contributed by atoms with Crippen LogP contribution >= 0.6 is 11.6 Å². The first-order chi connectivity index (χ1) is 16.0. The summed E-state index contributed by atoms with van der Waals surface area (Å²) in [6.45, 7) is -0.302. The first-order valence-electron chi connectivity index (χ1n) is 11.9. The van der Waals surface area contributed by atoms with Crippen molar-refractivity contribution in [1.82, 2.24) is 16.0 Å². The molecule has 1 saturated heterocycles. The SMILES string of the molecule is O=C(COC1CCC(Cl)C(F)C1)NC12CCC(NC(=O)COC3CNCC(C(F)(F)F)C3)(C1)C2. The number of piperidine rings is 1. The highest BCUT2D eigenvalue weighted by Gasteiger charge is 2.62. The second-order valence-electron chi connectivity index (χ2n) is 10.4. The van der Waals surface area contributed by atoms with E-state index in [0.717, 1.165) is 0 Å². The molecule has 0 aromatic heterocycles. The minimum absolute atomic E-state index is 0.136. The summed E-state index contributed by atoms with van der Waals surface area (Å²) in [6, 6.07) is 0. The van der Waals surface area contributed by atoms with Crippen LogP contribution in [0.4, 0.5) is 17.6 Å². The van der Waals surface area contributed by atoms with Crippen molar-refractivity contribution in [3.05, 3.63) is 0 Å². The Morgan fingerprint density at radius 1 is 0.941 bits per heavy atom. The molecular weight excluding hydrogens is 482 g/mol. The molecule has 5 atom stereocenters. The maximum Gasteiger partial charge on any atom is 0.393 e. The van der Waals surface area contributed by atoms with Gasteiger partial charge in [-0.3, -0.25) is 9.59 Å². The molecule has 34 heavy (non-hydrogen) atoms. The van der Waals surface area contributed by atoms with Crippen LogP contribution in [0.5, 0.6) is 0 Å². The van der Waals surface area contributed by atoms with Gasteiger partial charge in [-0.25, -0.2) is 4.39 Å². The molecule has 1 aliphatic heterocycles. The number of ether oxygens (including phenoxy) is 2. The van der Waals surface area contributed by atoms with Crippen LogP contribution < -0.4 is 16.0 Å². The van der Waals surface area contributed by atoms with Crippen LogP contribution in [0.25, 0.3) is 0 Å². The largest absolute Gasteiger partial charge is 0.393 e. The predicted octanol–water partition coefficient (Wildman–Crippen LogP) is 2.36. The molecule has 0 spiro atoms. The quantitative estimate of drug-likeness (QED) is 0.342. The van der Waals surface area contributed by atoms with Crippen molar-refractivity contribution in [2.75, 3.05) is 26.3 Å². The Morgan fingerprint density at radius 2 is 1.53 bits per heavy atom. The van der Waals surface area contributed by atoms with Gasteiger partial charge in [0.25, 0.3) is 0 Å². The van der Waals surface area contributed by atoms with Gasteiger partial charge in [-0.2, -0.15) is 13.2 Å². The minimum atomic E-state index is -4.29. The van der Waals surface area contributed by atoms with Crippen LogP contribution in [-0.4, -0.2) is 79.1 Å². The highest BCUT2D eigenvalue weighted by atomic mass is 35.5. The predicted molar refractivity (Wildman–Crippen MR) is 115 cm³/mol. The zero-order valence-corrected chi connectivity index (χ0v) is 19.7. The molecular formula is C22H32ClF4N3O4. The van der Waals surface area contributed by atoms with Crippen LogP contribution in [0.1, 0.15) is 51.4 Å². The number of rotatable bonds is 8. The fraction of sp³-hybridized carbons (Fsp3) is 0.909. The zero-order valence-electron chi connectivity index (χ0n) is 18.9. The van der Waals surface area contributed by atoms with Crippen LogP contribution in [-0.2, 0) is 19.1 Å². The number of nitrogens with one attached hydrogen (secondary N) is 3. The van der Waals surface area contributed by atoms with Gasteiger partial charge in [0.05, 0.1) is 23.5 Å². The van der Waals surface area contributed by atoms with E-state index in [4.69, 9.17) is 21.1 Å². The van der Waals surface area contributed by atoms with E-state index in [0.29, 0.717) is 38.5 Å². The van der Waals surface area contributed by atoms with Crippen molar-refractivity contribution in [1.29, 1.82) is 0 Å². The molecule has 7 nitrogen and oxygen atoms in total. The lowest BCUT2D eigenvalue weighted by Gasteiger charge is -2.48. The highest BCUT2D eigenvalue weighted by Crippen LogP contribution is 2.55. The van der Waals surface area contributed by atoms with Crippen LogP contribution in [0, 0.1) is 5.92 Å². The van der Waals surface area contributed by atoms with Crippen molar-refractivity contribution in [3.8, 4) is 0 Å². The number of alkyl halides is 5. The minimum Gasteiger partial charge on any atom is -0.368 e. The van der Waals surface area contributed by atoms with Crippen molar-refractivity contribution < 1.29 is 36.6 Å². The van der Waals surface area contributed by atoms with Crippen molar-refractivity contribution in [3.63, 3.8) is 0 Å². The van der Waals surface area contributed by atoms with Gasteiger partial charge >= 0.3 is 6.18 Å². The Bertz CT molecular complexity index is 765. The Morgan fingerprint density at radius 3 is 2.09 bits per heavy atom. The maximum atomic E-state index is 13.7. The zero-order chi connectivity index (χ0) is 24.6. The first kappa shape index (κ1) is 25.9. The van der Waals surface area contributed by atoms with E-state index in [1.165, 1.54) is 0 Å². The smallest absolute Gasteiger partial charge is 0.368 e. The van der Waals surface area contributed by atoms with Gasteiger partial charge in [-0.05, 0) is 44.9 Å². The second-order valence-corrected chi connectivity index (χ2v) is 10.9. The lowest BCUT2D eigenvalue weighted by atomic mass is 9.71. The van der Waals surface area contributed by atoms with Gasteiger partial charge in [0, 0.05) is 30.6 Å². The van der Waals surface area contributed by atoms with E-state index >= 15 is 0 Å². The molecule has 2 bridgehead atoms. The molecule has 194 valence electrons. The summed E-state index contributed by atoms with van der Waals surface area (Å²) in [5.41, 5.74) is -0.813. The molecule has 12 heteroatoms. The molecule has 0 aromatic carbocycles. The summed E-state index contributed by atoms with van der Waals surface area (Å²) >= 11 is 5.87. The Hall–Kier alpha value is -1.17. The molecule has 5 rings (SSSR count). The standard InChI is InChI=1S/C22H32ClF4N3O4/c23-16-2-1-14(6-17(16)24)33-9-18(31)29-20-3-4-21(11-20,12-20)30-19(32)10-34-15-5-13(7-28-8-15)22(25,26)27/h13-17,28H,1-12H2,(H,29,31)(H,30,32). The number of hydrogen-bond donors (Lipinski definition) is 3. The number of fused-ring (bicyclic) bond motifs is 1. The molecule has 4 saturated carbocycles. The molecule has 4 aliphatic carbocycles. The number of hydrogen-bond acceptors (Lipinski definition) is 5. The summed E-state index contributed by atoms with van der Waals surface area (Å²) in [6.07, 6.45) is -2.64. The third kappa shape index (κ3) is 6.14. The summed E-state index contributed by atoms with van der Waals surface area (Å²) in [5, 5.41) is 8.17. The van der Waals surface area contributed by atoms with E-state index < -0.39 is 40.8 Å². The van der Waals surface area contributed by atoms with Crippen molar-refractivity contribution in [2.45, 2.75) is 92.4 Å². The lowest BCUT2D eigenvalue weighted by molar-refractivity contribution is -0.188. The summed E-state index contributed by atoms with van der Waals surface area (Å²) in [4.78, 5) is 24.7. The second kappa shape index (κ2) is 10.1. The summed E-state index contributed by atoms with van der Waals surface area (Å²) in [5.74, 6) is -2.11. The van der Waals surface area contributed by atoms with Crippen molar-refractivity contribution in [2.24, 2.45) is 5.92 Å². The van der Waals surface area contributed by atoms with Gasteiger partial charge in [0.1, 0.15) is 19.4 Å². The molecule has 3 N–H and O–H groups in total. The average molecular weight is 514 g/mol. The van der Waals surface area contributed by atoms with E-state index in [-0.39, 0.29) is 57.1 Å². The van der Waals surface area contributed by atoms with Gasteiger partial charge in [-0.15, -0.1) is 11.6 Å². The molecule has 5 aliphatic rings. The molecule has 0 radical (unpaired) electrons. The van der Waals surface area contributed by atoms with E-state index in [1.807, 2.05) is 0 Å². The first-order valence-corrected chi connectivity index (χ1v) is 12.3. The molecule has 5 fully saturated rings. The molecule has 2 amide bonds. The normalized spacial score (nSPS) is 39.9. The Kier molecular flexibility index (Phi) is 7.67. The van der Waals surface area contributed by atoms with Crippen LogP contribution in [0.2, 0.25) is 0 Å². The number of halogens is 5. The maximum absolute atomic E-state index is 13.7. The van der Waals surface area contributed by atoms with Crippen LogP contribution in [0.3, 0.4) is 0 Å². The fourth-order valence-corrected chi connectivity index (χ4v) is 6.13. The van der Waals surface area contributed by atoms with E-state index in [1.54, 1.807) is 0 Å². The third-order valence-electron chi connectivity index (χ3n) is 7.56. The Labute approximate surface area is 201 Å². The lowest BCUT2D eigenvalue weighted by Crippen LogP contribution is -2.65.